The molecule has 0 aromatic carbocycles. The highest BCUT2D eigenvalue weighted by atomic mass is 31.2. The molecule has 0 aromatic heterocycles. The zero-order valence-corrected chi connectivity index (χ0v) is 37.6. The standard InChI is InChI=1S/C49H80NO8P/c1-3-5-7-9-11-13-15-17-19-21-23-25-27-29-31-33-35-37-39-41-48(51)55-45-47(46-57-59(53,54)56-44-43-50)58-49(52)42-40-38-36-34-32-30-28-26-24-22-20-18-16-14-12-10-8-6-4-2/h6,8,11-14,17-20,23-26,30,32,36,38,47H,3-5,7,9-10,15-16,21-22,27-29,31,33-35,37,39-46,50H2,1-2H3,(H,53,54). The molecule has 0 bridgehead atoms. The van der Waals surface area contributed by atoms with E-state index in [0.717, 1.165) is 89.9 Å². The Labute approximate surface area is 359 Å². The van der Waals surface area contributed by atoms with Crippen LogP contribution in [0.25, 0.3) is 0 Å². The maximum atomic E-state index is 12.6. The Morgan fingerprint density at radius 2 is 0.966 bits per heavy atom. The molecule has 0 saturated heterocycles. The number of unbranched alkanes of at least 4 members (excludes halogenated alkanes) is 9. The Kier molecular flexibility index (Phi) is 41.7. The molecule has 0 spiro atoms. The Balaban J connectivity index is 4.31. The third-order valence-electron chi connectivity index (χ3n) is 8.66. The highest BCUT2D eigenvalue weighted by Gasteiger charge is 2.25. The first-order valence-corrected chi connectivity index (χ1v) is 23.9. The fraction of sp³-hybridized carbons (Fsp3) is 0.592. The first-order valence-electron chi connectivity index (χ1n) is 22.4. The van der Waals surface area contributed by atoms with Crippen molar-refractivity contribution in [3.63, 3.8) is 0 Å². The molecule has 0 aliphatic heterocycles. The van der Waals surface area contributed by atoms with E-state index >= 15 is 0 Å². The number of hydrogen-bond donors (Lipinski definition) is 2. The molecule has 3 N–H and O–H groups in total. The number of ether oxygens (including phenoxy) is 2. The van der Waals surface area contributed by atoms with E-state index in [0.29, 0.717) is 12.8 Å². The molecule has 2 atom stereocenters. The summed E-state index contributed by atoms with van der Waals surface area (Å²) < 4.78 is 32.7. The van der Waals surface area contributed by atoms with Crippen molar-refractivity contribution in [1.29, 1.82) is 0 Å². The summed E-state index contributed by atoms with van der Waals surface area (Å²) in [5, 5.41) is 0. The zero-order chi connectivity index (χ0) is 43.2. The smallest absolute Gasteiger partial charge is 0.462 e. The molecule has 0 aliphatic rings. The van der Waals surface area contributed by atoms with Crippen molar-refractivity contribution in [2.75, 3.05) is 26.4 Å². The van der Waals surface area contributed by atoms with Crippen LogP contribution in [-0.2, 0) is 32.7 Å². The fourth-order valence-electron chi connectivity index (χ4n) is 5.37. The van der Waals surface area contributed by atoms with Crippen molar-refractivity contribution in [3.05, 3.63) is 109 Å². The van der Waals surface area contributed by atoms with Gasteiger partial charge in [0, 0.05) is 19.4 Å². The average Bonchev–Trinajstić information content (AvgIpc) is 3.22. The van der Waals surface area contributed by atoms with E-state index in [1.807, 2.05) is 12.2 Å². The summed E-state index contributed by atoms with van der Waals surface area (Å²) in [5.74, 6) is -0.952. The van der Waals surface area contributed by atoms with Gasteiger partial charge in [0.05, 0.1) is 13.2 Å². The average molecular weight is 842 g/mol. The summed E-state index contributed by atoms with van der Waals surface area (Å²) in [4.78, 5) is 34.9. The maximum absolute atomic E-state index is 12.6. The number of phosphoric acid groups is 1. The first-order chi connectivity index (χ1) is 28.8. The minimum Gasteiger partial charge on any atom is -0.462 e. The van der Waals surface area contributed by atoms with Crippen molar-refractivity contribution in [2.24, 2.45) is 5.73 Å². The molecule has 0 rings (SSSR count). The number of carbonyl (C=O) groups is 2. The van der Waals surface area contributed by atoms with Gasteiger partial charge in [0.1, 0.15) is 6.61 Å². The van der Waals surface area contributed by atoms with Crippen LogP contribution < -0.4 is 5.73 Å². The number of allylic oxidation sites excluding steroid dienone is 18. The van der Waals surface area contributed by atoms with E-state index in [-0.39, 0.29) is 32.6 Å². The summed E-state index contributed by atoms with van der Waals surface area (Å²) in [6, 6.07) is 0. The Hall–Kier alpha value is -3.33. The predicted molar refractivity (Wildman–Crippen MR) is 247 cm³/mol. The Bertz CT molecular complexity index is 1330. The zero-order valence-electron chi connectivity index (χ0n) is 36.7. The highest BCUT2D eigenvalue weighted by molar-refractivity contribution is 7.47. The van der Waals surface area contributed by atoms with Crippen LogP contribution in [0, 0.1) is 0 Å². The van der Waals surface area contributed by atoms with Gasteiger partial charge in [0.15, 0.2) is 6.10 Å². The summed E-state index contributed by atoms with van der Waals surface area (Å²) in [6.45, 7) is 3.46. The van der Waals surface area contributed by atoms with Crippen molar-refractivity contribution >= 4 is 19.8 Å². The quantitative estimate of drug-likeness (QED) is 0.0267. The lowest BCUT2D eigenvalue weighted by Crippen LogP contribution is -2.29. The molecule has 9 nitrogen and oxygen atoms in total. The number of carbonyl (C=O) groups excluding carboxylic acids is 2. The van der Waals surface area contributed by atoms with Crippen LogP contribution in [0.4, 0.5) is 0 Å². The van der Waals surface area contributed by atoms with Crippen LogP contribution in [0.5, 0.6) is 0 Å². The SMILES string of the molecule is CCC=CCC=CCC=CCC=CCC=CCC=CCCC(=O)OC(COC(=O)CCCCCCCCC=CCC=CCC=CCCCCC)COP(=O)(O)OCCN. The monoisotopic (exact) mass is 842 g/mol. The van der Waals surface area contributed by atoms with Crippen LogP contribution >= 0.6 is 7.82 Å². The van der Waals surface area contributed by atoms with Crippen LogP contribution in [0.2, 0.25) is 0 Å². The molecule has 59 heavy (non-hydrogen) atoms. The van der Waals surface area contributed by atoms with Crippen LogP contribution in [0.1, 0.15) is 155 Å². The second-order valence-corrected chi connectivity index (χ2v) is 15.6. The van der Waals surface area contributed by atoms with E-state index in [4.69, 9.17) is 24.3 Å². The van der Waals surface area contributed by atoms with Gasteiger partial charge in [0.2, 0.25) is 0 Å². The number of hydrogen-bond acceptors (Lipinski definition) is 8. The van der Waals surface area contributed by atoms with Gasteiger partial charge in [-0.15, -0.1) is 0 Å². The van der Waals surface area contributed by atoms with E-state index in [1.165, 1.54) is 25.7 Å². The largest absolute Gasteiger partial charge is 0.472 e. The van der Waals surface area contributed by atoms with Gasteiger partial charge in [-0.25, -0.2) is 4.57 Å². The minimum absolute atomic E-state index is 0.0335. The molecule has 0 amide bonds. The van der Waals surface area contributed by atoms with Gasteiger partial charge < -0.3 is 20.1 Å². The molecule has 0 aliphatic carbocycles. The molecule has 0 fully saturated rings. The summed E-state index contributed by atoms with van der Waals surface area (Å²) in [5.41, 5.74) is 5.34. The highest BCUT2D eigenvalue weighted by Crippen LogP contribution is 2.43. The summed E-state index contributed by atoms with van der Waals surface area (Å²) >= 11 is 0. The normalized spacial score (nSPS) is 14.3. The van der Waals surface area contributed by atoms with Crippen LogP contribution in [0.15, 0.2) is 109 Å². The Morgan fingerprint density at radius 3 is 1.46 bits per heavy atom. The molecule has 0 radical (unpaired) electrons. The summed E-state index contributed by atoms with van der Waals surface area (Å²) in [6.07, 6.45) is 58.4. The number of rotatable bonds is 40. The van der Waals surface area contributed by atoms with E-state index in [1.54, 1.807) is 0 Å². The molecule has 334 valence electrons. The van der Waals surface area contributed by atoms with Crippen molar-refractivity contribution < 1.29 is 37.6 Å². The molecule has 10 heteroatoms. The van der Waals surface area contributed by atoms with Crippen LogP contribution in [0.3, 0.4) is 0 Å². The maximum Gasteiger partial charge on any atom is 0.472 e. The predicted octanol–water partition coefficient (Wildman–Crippen LogP) is 13.2. The third kappa shape index (κ3) is 44.1. The molecule has 0 heterocycles. The second kappa shape index (κ2) is 44.2. The molecular formula is C49H80NO8P. The van der Waals surface area contributed by atoms with E-state index in [2.05, 4.69) is 111 Å². The molecule has 0 aromatic rings. The fourth-order valence-corrected chi connectivity index (χ4v) is 6.14. The molecular weight excluding hydrogens is 762 g/mol. The second-order valence-electron chi connectivity index (χ2n) is 14.2. The van der Waals surface area contributed by atoms with Gasteiger partial charge in [-0.05, 0) is 89.9 Å². The molecule has 2 unspecified atom stereocenters. The van der Waals surface area contributed by atoms with Crippen molar-refractivity contribution in [1.82, 2.24) is 0 Å². The van der Waals surface area contributed by atoms with Gasteiger partial charge in [-0.3, -0.25) is 18.6 Å². The van der Waals surface area contributed by atoms with Crippen molar-refractivity contribution in [2.45, 2.75) is 161 Å². The van der Waals surface area contributed by atoms with E-state index < -0.39 is 32.5 Å². The van der Waals surface area contributed by atoms with Gasteiger partial charge in [0.25, 0.3) is 0 Å². The van der Waals surface area contributed by atoms with Crippen LogP contribution in [-0.4, -0.2) is 49.3 Å². The lowest BCUT2D eigenvalue weighted by molar-refractivity contribution is -0.161. The number of esters is 2. The minimum atomic E-state index is -4.41. The topological polar surface area (TPSA) is 134 Å². The van der Waals surface area contributed by atoms with E-state index in [9.17, 15) is 19.0 Å². The number of phosphoric ester groups is 1. The first kappa shape index (κ1) is 55.7. The lowest BCUT2D eigenvalue weighted by Gasteiger charge is -2.19. The van der Waals surface area contributed by atoms with Gasteiger partial charge in [-0.2, -0.15) is 0 Å². The third-order valence-corrected chi connectivity index (χ3v) is 9.64. The summed E-state index contributed by atoms with van der Waals surface area (Å²) in [7, 11) is -4.41. The van der Waals surface area contributed by atoms with Gasteiger partial charge >= 0.3 is 19.8 Å². The molecule has 0 saturated carbocycles. The van der Waals surface area contributed by atoms with Gasteiger partial charge in [-0.1, -0.05) is 162 Å². The number of nitrogens with two attached hydrogens (primary N) is 1. The lowest BCUT2D eigenvalue weighted by atomic mass is 10.1. The van der Waals surface area contributed by atoms with Crippen molar-refractivity contribution in [3.8, 4) is 0 Å². The Morgan fingerprint density at radius 1 is 0.525 bits per heavy atom.